The average molecular weight is 394 g/mol. The van der Waals surface area contributed by atoms with Gasteiger partial charge in [-0.1, -0.05) is 18.2 Å². The summed E-state index contributed by atoms with van der Waals surface area (Å²) in [6, 6.07) is 13.1. The Bertz CT molecular complexity index is 960. The summed E-state index contributed by atoms with van der Waals surface area (Å²) in [5, 5.41) is 3.12. The normalized spacial score (nSPS) is 22.6. The van der Waals surface area contributed by atoms with Gasteiger partial charge in [-0.15, -0.1) is 0 Å². The van der Waals surface area contributed by atoms with Crippen LogP contribution in [0, 0.1) is 5.92 Å². The lowest BCUT2D eigenvalue weighted by molar-refractivity contribution is -0.127. The largest absolute Gasteiger partial charge is 0.493 e. The fraction of sp³-hybridized carbons (Fsp3) is 0.364. The molecule has 0 saturated carbocycles. The van der Waals surface area contributed by atoms with Crippen LogP contribution >= 0.6 is 0 Å². The zero-order valence-electron chi connectivity index (χ0n) is 15.9. The van der Waals surface area contributed by atoms with Gasteiger partial charge in [-0.25, -0.2) is 0 Å². The Morgan fingerprint density at radius 3 is 2.66 bits per heavy atom. The maximum Gasteiger partial charge on any atom is 0.227 e. The maximum atomic E-state index is 12.9. The number of hydrogen-bond acceptors (Lipinski definition) is 5. The van der Waals surface area contributed by atoms with E-state index in [1.54, 1.807) is 11.0 Å². The van der Waals surface area contributed by atoms with Crippen LogP contribution < -0.4 is 24.4 Å². The number of rotatable bonds is 3. The Hall–Kier alpha value is -3.22. The molecule has 1 N–H and O–H groups in total. The quantitative estimate of drug-likeness (QED) is 0.865. The van der Waals surface area contributed by atoms with Crippen LogP contribution in [0.4, 0.5) is 5.69 Å². The molecule has 0 unspecified atom stereocenters. The van der Waals surface area contributed by atoms with Crippen LogP contribution in [0.5, 0.6) is 17.2 Å². The van der Waals surface area contributed by atoms with Gasteiger partial charge in [-0.2, -0.15) is 0 Å². The van der Waals surface area contributed by atoms with Crippen molar-refractivity contribution in [1.29, 1.82) is 0 Å². The summed E-state index contributed by atoms with van der Waals surface area (Å²) in [5.41, 5.74) is 1.71. The van der Waals surface area contributed by atoms with E-state index >= 15 is 0 Å². The van der Waals surface area contributed by atoms with Crippen molar-refractivity contribution >= 4 is 17.5 Å². The van der Waals surface area contributed by atoms with Crippen LogP contribution in [-0.2, 0) is 9.59 Å². The molecule has 0 radical (unpaired) electrons. The summed E-state index contributed by atoms with van der Waals surface area (Å²) in [7, 11) is 0. The highest BCUT2D eigenvalue weighted by Gasteiger charge is 2.37. The molecule has 29 heavy (non-hydrogen) atoms. The number of fused-ring (bicyclic) bond motifs is 2. The zero-order valence-corrected chi connectivity index (χ0v) is 15.9. The molecule has 7 heteroatoms. The number of nitrogens with one attached hydrogen (secondary N) is 1. The van der Waals surface area contributed by atoms with Crippen LogP contribution in [0.25, 0.3) is 0 Å². The first-order valence-corrected chi connectivity index (χ1v) is 9.91. The number of carbonyl (C=O) groups is 2. The zero-order chi connectivity index (χ0) is 19.8. The lowest BCUT2D eigenvalue weighted by Crippen LogP contribution is -2.37. The molecule has 0 aromatic heterocycles. The molecule has 1 fully saturated rings. The van der Waals surface area contributed by atoms with Gasteiger partial charge in [0.1, 0.15) is 19.0 Å². The second-order valence-corrected chi connectivity index (χ2v) is 7.47. The summed E-state index contributed by atoms with van der Waals surface area (Å²) in [4.78, 5) is 27.2. The fourth-order valence-corrected chi connectivity index (χ4v) is 4.11. The number of ether oxygens (including phenoxy) is 3. The Kier molecular flexibility index (Phi) is 4.50. The van der Waals surface area contributed by atoms with Crippen molar-refractivity contribution in [2.45, 2.75) is 18.9 Å². The molecule has 0 spiro atoms. The van der Waals surface area contributed by atoms with Gasteiger partial charge in [-0.05, 0) is 18.2 Å². The molecule has 5 rings (SSSR count). The van der Waals surface area contributed by atoms with Crippen LogP contribution in [0.2, 0.25) is 0 Å². The van der Waals surface area contributed by atoms with Crippen LogP contribution in [0.1, 0.15) is 24.4 Å². The van der Waals surface area contributed by atoms with Crippen molar-refractivity contribution in [3.8, 4) is 17.2 Å². The van der Waals surface area contributed by atoms with Gasteiger partial charge < -0.3 is 24.4 Å². The number of nitrogens with zero attached hydrogens (tertiary/aromatic N) is 1. The highest BCUT2D eigenvalue weighted by molar-refractivity contribution is 6.00. The SMILES string of the molecule is O=C(N[C@@H]1CCOc2ccccc21)[C@@H]1CC(=O)N(c2ccc3c(c2)OCCO3)C1. The summed E-state index contributed by atoms with van der Waals surface area (Å²) in [6.07, 6.45) is 0.917. The number of hydrogen-bond donors (Lipinski definition) is 1. The van der Waals surface area contributed by atoms with E-state index in [0.717, 1.165) is 23.4 Å². The van der Waals surface area contributed by atoms with Crippen molar-refractivity contribution in [3.63, 3.8) is 0 Å². The van der Waals surface area contributed by atoms with E-state index in [1.165, 1.54) is 0 Å². The summed E-state index contributed by atoms with van der Waals surface area (Å²) in [5.74, 6) is 1.58. The van der Waals surface area contributed by atoms with E-state index in [1.807, 2.05) is 36.4 Å². The number of amides is 2. The fourth-order valence-electron chi connectivity index (χ4n) is 4.11. The average Bonchev–Trinajstić information content (AvgIpc) is 3.15. The van der Waals surface area contributed by atoms with Gasteiger partial charge in [0, 0.05) is 36.7 Å². The first-order chi connectivity index (χ1) is 14.2. The first-order valence-electron chi connectivity index (χ1n) is 9.91. The molecular formula is C22H22N2O5. The van der Waals surface area contributed by atoms with Crippen molar-refractivity contribution in [3.05, 3.63) is 48.0 Å². The molecule has 150 valence electrons. The Labute approximate surface area is 168 Å². The molecule has 3 aliphatic heterocycles. The predicted octanol–water partition coefficient (Wildman–Crippen LogP) is 2.45. The smallest absolute Gasteiger partial charge is 0.227 e. The second-order valence-electron chi connectivity index (χ2n) is 7.47. The second kappa shape index (κ2) is 7.31. The predicted molar refractivity (Wildman–Crippen MR) is 105 cm³/mol. The third-order valence-corrected chi connectivity index (χ3v) is 5.61. The number of para-hydroxylation sites is 1. The standard InChI is InChI=1S/C22H22N2O5/c25-21-11-14(13-24(21)15-5-6-19-20(12-15)29-10-9-28-19)22(26)23-17-7-8-27-18-4-2-1-3-16(17)18/h1-6,12,14,17H,7-11,13H2,(H,23,26)/t14-,17-/m1/s1. The Balaban J connectivity index is 1.29. The van der Waals surface area contributed by atoms with E-state index in [2.05, 4.69) is 5.32 Å². The van der Waals surface area contributed by atoms with E-state index in [-0.39, 0.29) is 30.2 Å². The topological polar surface area (TPSA) is 77.1 Å². The van der Waals surface area contributed by atoms with E-state index in [0.29, 0.717) is 37.9 Å². The Morgan fingerprint density at radius 2 is 1.76 bits per heavy atom. The monoisotopic (exact) mass is 394 g/mol. The Morgan fingerprint density at radius 1 is 0.966 bits per heavy atom. The molecule has 3 heterocycles. The molecule has 7 nitrogen and oxygen atoms in total. The minimum atomic E-state index is -0.384. The van der Waals surface area contributed by atoms with Gasteiger partial charge in [0.25, 0.3) is 0 Å². The number of anilines is 1. The minimum Gasteiger partial charge on any atom is -0.493 e. The van der Waals surface area contributed by atoms with E-state index in [4.69, 9.17) is 14.2 Å². The molecule has 2 amide bonds. The highest BCUT2D eigenvalue weighted by atomic mass is 16.6. The highest BCUT2D eigenvalue weighted by Crippen LogP contribution is 2.36. The van der Waals surface area contributed by atoms with E-state index < -0.39 is 0 Å². The molecule has 1 saturated heterocycles. The molecule has 2 aromatic rings. The van der Waals surface area contributed by atoms with Crippen LogP contribution in [0.15, 0.2) is 42.5 Å². The summed E-state index contributed by atoms with van der Waals surface area (Å²) in [6.45, 7) is 1.93. The number of carbonyl (C=O) groups excluding carboxylic acids is 2. The van der Waals surface area contributed by atoms with Crippen LogP contribution in [-0.4, -0.2) is 38.2 Å². The minimum absolute atomic E-state index is 0.0609. The van der Waals surface area contributed by atoms with Crippen molar-refractivity contribution < 1.29 is 23.8 Å². The third-order valence-electron chi connectivity index (χ3n) is 5.61. The van der Waals surface area contributed by atoms with Crippen molar-refractivity contribution in [1.82, 2.24) is 5.32 Å². The van der Waals surface area contributed by atoms with E-state index in [9.17, 15) is 9.59 Å². The number of benzene rings is 2. The molecule has 0 bridgehead atoms. The lowest BCUT2D eigenvalue weighted by atomic mass is 9.99. The lowest BCUT2D eigenvalue weighted by Gasteiger charge is -2.27. The molecule has 2 atom stereocenters. The molecular weight excluding hydrogens is 372 g/mol. The molecule has 3 aliphatic rings. The maximum absolute atomic E-state index is 12.9. The summed E-state index contributed by atoms with van der Waals surface area (Å²) < 4.78 is 16.8. The summed E-state index contributed by atoms with van der Waals surface area (Å²) >= 11 is 0. The van der Waals surface area contributed by atoms with Crippen molar-refractivity contribution in [2.24, 2.45) is 5.92 Å². The van der Waals surface area contributed by atoms with Gasteiger partial charge in [0.2, 0.25) is 11.8 Å². The molecule has 0 aliphatic carbocycles. The van der Waals surface area contributed by atoms with Gasteiger partial charge >= 0.3 is 0 Å². The van der Waals surface area contributed by atoms with Gasteiger partial charge in [0.15, 0.2) is 11.5 Å². The molecule has 2 aromatic carbocycles. The van der Waals surface area contributed by atoms with Gasteiger partial charge in [-0.3, -0.25) is 9.59 Å². The first kappa shape index (κ1) is 17.8. The van der Waals surface area contributed by atoms with Gasteiger partial charge in [0.05, 0.1) is 18.6 Å². The van der Waals surface area contributed by atoms with Crippen LogP contribution in [0.3, 0.4) is 0 Å². The third kappa shape index (κ3) is 3.37. The van der Waals surface area contributed by atoms with Crippen molar-refractivity contribution in [2.75, 3.05) is 31.3 Å².